The molecule has 4 bridgehead atoms. The number of ether oxygens (including phenoxy) is 3. The summed E-state index contributed by atoms with van der Waals surface area (Å²) >= 11 is 0. The average Bonchev–Trinajstić information content (AvgIpc) is 3.23. The molecule has 5 N–H and O–H groups in total. The zero-order valence-electron chi connectivity index (χ0n) is 35.3. The number of ketones is 1. The van der Waals surface area contributed by atoms with Crippen LogP contribution in [-0.4, -0.2) is 77.8 Å². The molecule has 0 spiro atoms. The maximum atomic E-state index is 14.5. The van der Waals surface area contributed by atoms with Crippen LogP contribution in [0.2, 0.25) is 0 Å². The lowest BCUT2D eigenvalue weighted by Gasteiger charge is -2.33. The number of carbonyl (C=O) groups is 7. The fourth-order valence-corrected chi connectivity index (χ4v) is 7.30. The maximum absolute atomic E-state index is 14.5. The minimum absolute atomic E-state index is 0.0119. The van der Waals surface area contributed by atoms with Crippen LogP contribution in [0.25, 0.3) is 0 Å². The van der Waals surface area contributed by atoms with E-state index in [-0.39, 0.29) is 31.8 Å². The van der Waals surface area contributed by atoms with E-state index in [0.717, 1.165) is 24.8 Å². The normalized spacial score (nSPS) is 19.1. The summed E-state index contributed by atoms with van der Waals surface area (Å²) in [5, 5.41) is 13.4. The summed E-state index contributed by atoms with van der Waals surface area (Å²) in [6, 6.07) is 18.2. The predicted molar refractivity (Wildman–Crippen MR) is 225 cm³/mol. The fourth-order valence-electron chi connectivity index (χ4n) is 7.30. The maximum Gasteiger partial charge on any atom is 0.408 e. The Morgan fingerprint density at radius 1 is 0.820 bits per heavy atom. The zero-order chi connectivity index (χ0) is 43.9. The van der Waals surface area contributed by atoms with Gasteiger partial charge in [-0.2, -0.15) is 0 Å². The van der Waals surface area contributed by atoms with Crippen LogP contribution in [0.1, 0.15) is 89.3 Å². The molecule has 0 radical (unpaired) electrons. The molecule has 2 heterocycles. The van der Waals surface area contributed by atoms with Crippen LogP contribution in [0.4, 0.5) is 4.79 Å². The van der Waals surface area contributed by atoms with Gasteiger partial charge in [0.25, 0.3) is 5.91 Å². The fraction of sp³-hybridized carbons (Fsp3) is 0.457. The molecule has 15 nitrogen and oxygen atoms in total. The highest BCUT2D eigenvalue weighted by Gasteiger charge is 2.37. The first-order valence-corrected chi connectivity index (χ1v) is 21.0. The van der Waals surface area contributed by atoms with E-state index in [1.54, 1.807) is 100 Å². The Hall–Kier alpha value is -6.25. The van der Waals surface area contributed by atoms with Crippen molar-refractivity contribution in [3.05, 3.63) is 95.6 Å². The third-order valence-corrected chi connectivity index (χ3v) is 10.3. The Balaban J connectivity index is 1.40. The number of Topliss-reactive ketones (excluding diaryl/α,β-unsaturated/α-hetero) is 1. The number of rotatable bonds is 12. The molecule has 326 valence electrons. The lowest BCUT2D eigenvalue weighted by atomic mass is 9.83. The van der Waals surface area contributed by atoms with Crippen molar-refractivity contribution in [2.45, 2.75) is 122 Å². The molecule has 61 heavy (non-hydrogen) atoms. The minimum atomic E-state index is -1.29. The van der Waals surface area contributed by atoms with Crippen molar-refractivity contribution in [2.75, 3.05) is 6.54 Å². The molecule has 5 amide bonds. The third kappa shape index (κ3) is 14.5. The summed E-state index contributed by atoms with van der Waals surface area (Å²) in [6.45, 7) is 6.33. The van der Waals surface area contributed by atoms with E-state index < -0.39 is 77.8 Å². The predicted octanol–water partition coefficient (Wildman–Crippen LogP) is 4.73. The molecular formula is C46H57N5O10. The van der Waals surface area contributed by atoms with Crippen LogP contribution in [0.15, 0.2) is 78.9 Å². The first-order valence-electron chi connectivity index (χ1n) is 21.0. The van der Waals surface area contributed by atoms with Gasteiger partial charge in [-0.1, -0.05) is 87.2 Å². The van der Waals surface area contributed by atoms with Crippen LogP contribution >= 0.6 is 0 Å². The molecule has 3 aliphatic rings. The van der Waals surface area contributed by atoms with Crippen molar-refractivity contribution in [2.24, 2.45) is 5.92 Å². The van der Waals surface area contributed by atoms with Crippen LogP contribution in [0.3, 0.4) is 0 Å². The molecule has 4 atom stereocenters. The SMILES string of the molecule is CCCC(NC(=O)C1Cc2cccc(c2)Oc2ccc(cc2)CC(NC(=O)OC(C)(C)C)C(=O)NC(C2CCCCC2)C(=O)N1)C(=O)C(=O)NCC(=O)OCc1ccccc1. The standard InChI is InChI=1S/C46H57N5O10/c1-5-13-35(40(53)44(57)47-27-38(52)59-28-30-14-8-6-9-15-30)48-41(54)36-26-31-16-12-19-34(24-31)60-33-22-20-29(21-23-33)25-37(50-45(58)61-46(2,3)4)42(55)51-39(43(56)49-36)32-17-10-7-11-18-32/h6,8-9,12,14-16,19-24,32,35-37,39H,5,7,10-11,13,17-18,25-28H2,1-4H3,(H,47,57)(H,48,54)(H,49,56)(H,50,58)(H,51,55). The van der Waals surface area contributed by atoms with E-state index in [0.29, 0.717) is 41.9 Å². The van der Waals surface area contributed by atoms with Crippen molar-refractivity contribution in [1.82, 2.24) is 26.6 Å². The summed E-state index contributed by atoms with van der Waals surface area (Å²) in [5.74, 6) is -4.11. The van der Waals surface area contributed by atoms with Crippen LogP contribution in [0.5, 0.6) is 11.5 Å². The monoisotopic (exact) mass is 839 g/mol. The Morgan fingerprint density at radius 3 is 2.23 bits per heavy atom. The zero-order valence-corrected chi connectivity index (χ0v) is 35.3. The smallest absolute Gasteiger partial charge is 0.408 e. The summed E-state index contributed by atoms with van der Waals surface area (Å²) < 4.78 is 16.8. The van der Waals surface area contributed by atoms with Gasteiger partial charge < -0.3 is 40.8 Å². The molecule has 2 aliphatic heterocycles. The molecule has 1 saturated carbocycles. The minimum Gasteiger partial charge on any atom is -0.460 e. The van der Waals surface area contributed by atoms with Gasteiger partial charge >= 0.3 is 12.1 Å². The van der Waals surface area contributed by atoms with Gasteiger partial charge in [-0.25, -0.2) is 4.79 Å². The van der Waals surface area contributed by atoms with Gasteiger partial charge in [0, 0.05) is 12.8 Å². The lowest BCUT2D eigenvalue weighted by molar-refractivity contribution is -0.146. The second-order valence-corrected chi connectivity index (χ2v) is 16.5. The molecule has 0 aromatic heterocycles. The summed E-state index contributed by atoms with van der Waals surface area (Å²) in [6.07, 6.45) is 3.64. The van der Waals surface area contributed by atoms with E-state index in [1.165, 1.54) is 0 Å². The molecule has 3 aromatic carbocycles. The van der Waals surface area contributed by atoms with Crippen molar-refractivity contribution >= 4 is 41.5 Å². The highest BCUT2D eigenvalue weighted by atomic mass is 16.6. The number of benzene rings is 3. The van der Waals surface area contributed by atoms with Crippen LogP contribution < -0.4 is 31.3 Å². The van der Waals surface area contributed by atoms with Gasteiger partial charge in [0.1, 0.15) is 48.4 Å². The van der Waals surface area contributed by atoms with E-state index in [1.807, 2.05) is 6.07 Å². The summed E-state index contributed by atoms with van der Waals surface area (Å²) in [7, 11) is 0. The number of nitrogens with one attached hydrogen (secondary N) is 5. The van der Waals surface area contributed by atoms with E-state index in [2.05, 4.69) is 26.6 Å². The van der Waals surface area contributed by atoms with Gasteiger partial charge in [0.15, 0.2) is 0 Å². The molecule has 0 saturated heterocycles. The first-order chi connectivity index (χ1) is 29.2. The van der Waals surface area contributed by atoms with E-state index >= 15 is 0 Å². The summed E-state index contributed by atoms with van der Waals surface area (Å²) in [4.78, 5) is 94.8. The van der Waals surface area contributed by atoms with Crippen molar-refractivity contribution in [1.29, 1.82) is 0 Å². The second-order valence-electron chi connectivity index (χ2n) is 16.5. The molecule has 1 aliphatic carbocycles. The number of amides is 5. The number of alkyl carbamates (subject to hydrolysis) is 1. The Kier molecular flexibility index (Phi) is 16.4. The Morgan fingerprint density at radius 2 is 1.54 bits per heavy atom. The molecular weight excluding hydrogens is 783 g/mol. The van der Waals surface area contributed by atoms with Gasteiger partial charge in [-0.05, 0) is 86.9 Å². The molecule has 6 rings (SSSR count). The number of hydrogen-bond donors (Lipinski definition) is 5. The van der Waals surface area contributed by atoms with Crippen molar-refractivity contribution in [3.8, 4) is 11.5 Å². The van der Waals surface area contributed by atoms with Gasteiger partial charge in [-0.15, -0.1) is 0 Å². The second kappa shape index (κ2) is 21.8. The molecule has 4 unspecified atom stereocenters. The molecule has 3 aromatic rings. The number of esters is 1. The first kappa shape index (κ1) is 45.8. The average molecular weight is 840 g/mol. The van der Waals surface area contributed by atoms with Gasteiger partial charge in [-0.3, -0.25) is 28.8 Å². The van der Waals surface area contributed by atoms with Gasteiger partial charge in [0.05, 0.1) is 6.04 Å². The molecule has 1 fully saturated rings. The Labute approximate surface area is 356 Å². The number of carbonyl (C=O) groups excluding carboxylic acids is 7. The highest BCUT2D eigenvalue weighted by Crippen LogP contribution is 2.28. The van der Waals surface area contributed by atoms with E-state index in [9.17, 15) is 33.6 Å². The molecule has 15 heteroatoms. The van der Waals surface area contributed by atoms with Crippen LogP contribution in [-0.2, 0) is 57.7 Å². The summed E-state index contributed by atoms with van der Waals surface area (Å²) in [5.41, 5.74) is 1.24. The highest BCUT2D eigenvalue weighted by molar-refractivity contribution is 6.38. The van der Waals surface area contributed by atoms with Gasteiger partial charge in [0.2, 0.25) is 23.5 Å². The Bertz CT molecular complexity index is 2010. The largest absolute Gasteiger partial charge is 0.460 e. The third-order valence-electron chi connectivity index (χ3n) is 10.3. The van der Waals surface area contributed by atoms with Crippen LogP contribution in [0, 0.1) is 5.92 Å². The lowest BCUT2D eigenvalue weighted by Crippen LogP contribution is -2.60. The van der Waals surface area contributed by atoms with E-state index in [4.69, 9.17) is 14.2 Å². The topological polar surface area (TPSA) is 207 Å². The number of fused-ring (bicyclic) bond motifs is 10. The quantitative estimate of drug-likeness (QED) is 0.125. The van der Waals surface area contributed by atoms with Crippen molar-refractivity contribution in [3.63, 3.8) is 0 Å². The van der Waals surface area contributed by atoms with Crippen molar-refractivity contribution < 1.29 is 47.8 Å². The number of hydrogen-bond acceptors (Lipinski definition) is 10.